The smallest absolute Gasteiger partial charge is 0.255 e. The molecule has 5 nitrogen and oxygen atoms in total. The molecular weight excluding hydrogens is 170 g/mol. The Kier molecular flexibility index (Phi) is 3.13. The van der Waals surface area contributed by atoms with Gasteiger partial charge in [-0.3, -0.25) is 0 Å². The van der Waals surface area contributed by atoms with Crippen LogP contribution in [0.25, 0.3) is 0 Å². The second-order valence-corrected chi connectivity index (χ2v) is 2.68. The van der Waals surface area contributed by atoms with Crippen LogP contribution in [0.5, 0.6) is 11.6 Å². The number of rotatable bonds is 4. The minimum absolute atomic E-state index is 0.475. The predicted molar refractivity (Wildman–Crippen MR) is 49.0 cm³/mol. The van der Waals surface area contributed by atoms with E-state index < -0.39 is 0 Å². The van der Waals surface area contributed by atoms with E-state index >= 15 is 0 Å². The van der Waals surface area contributed by atoms with Crippen LogP contribution in [0, 0.1) is 6.92 Å². The van der Waals surface area contributed by atoms with Crippen molar-refractivity contribution in [3.8, 4) is 11.6 Å². The SMILES string of the molecule is COc1c(OCCN)c(C)nn1C. The van der Waals surface area contributed by atoms with Crippen molar-refractivity contribution < 1.29 is 9.47 Å². The first kappa shape index (κ1) is 9.85. The van der Waals surface area contributed by atoms with E-state index in [-0.39, 0.29) is 0 Å². The number of hydrogen-bond acceptors (Lipinski definition) is 4. The lowest BCUT2D eigenvalue weighted by atomic mass is 10.4. The molecule has 0 aliphatic rings. The monoisotopic (exact) mass is 185 g/mol. The molecule has 0 bridgehead atoms. The van der Waals surface area contributed by atoms with Crippen molar-refractivity contribution in [2.24, 2.45) is 12.8 Å². The molecule has 0 atom stereocenters. The van der Waals surface area contributed by atoms with Crippen LogP contribution in [0.3, 0.4) is 0 Å². The van der Waals surface area contributed by atoms with Gasteiger partial charge in [0.25, 0.3) is 5.88 Å². The summed E-state index contributed by atoms with van der Waals surface area (Å²) >= 11 is 0. The molecule has 0 saturated heterocycles. The quantitative estimate of drug-likeness (QED) is 0.721. The zero-order valence-corrected chi connectivity index (χ0v) is 8.20. The summed E-state index contributed by atoms with van der Waals surface area (Å²) < 4.78 is 12.2. The summed E-state index contributed by atoms with van der Waals surface area (Å²) in [6, 6.07) is 0. The van der Waals surface area contributed by atoms with Crippen LogP contribution >= 0.6 is 0 Å². The molecule has 5 heteroatoms. The first-order valence-electron chi connectivity index (χ1n) is 4.11. The number of nitrogens with two attached hydrogens (primary N) is 1. The average Bonchev–Trinajstić information content (AvgIpc) is 2.37. The highest BCUT2D eigenvalue weighted by molar-refractivity contribution is 5.38. The van der Waals surface area contributed by atoms with E-state index in [4.69, 9.17) is 15.2 Å². The van der Waals surface area contributed by atoms with Crippen molar-refractivity contribution in [2.45, 2.75) is 6.92 Å². The maximum absolute atomic E-state index is 5.40. The Labute approximate surface area is 77.4 Å². The Bertz CT molecular complexity index is 283. The molecule has 2 N–H and O–H groups in total. The molecule has 0 unspecified atom stereocenters. The number of methoxy groups -OCH3 is 1. The van der Waals surface area contributed by atoms with Gasteiger partial charge in [-0.1, -0.05) is 0 Å². The van der Waals surface area contributed by atoms with Gasteiger partial charge in [-0.05, 0) is 6.92 Å². The van der Waals surface area contributed by atoms with E-state index in [1.165, 1.54) is 0 Å². The molecule has 1 heterocycles. The maximum Gasteiger partial charge on any atom is 0.255 e. The van der Waals surface area contributed by atoms with Crippen molar-refractivity contribution in [3.63, 3.8) is 0 Å². The Morgan fingerprint density at radius 1 is 1.54 bits per heavy atom. The van der Waals surface area contributed by atoms with E-state index in [0.29, 0.717) is 24.8 Å². The third-order valence-electron chi connectivity index (χ3n) is 1.67. The Morgan fingerprint density at radius 2 is 2.23 bits per heavy atom. The van der Waals surface area contributed by atoms with Gasteiger partial charge in [0.1, 0.15) is 12.3 Å². The molecular formula is C8H15N3O2. The van der Waals surface area contributed by atoms with Crippen LogP contribution in [-0.2, 0) is 7.05 Å². The topological polar surface area (TPSA) is 62.3 Å². The van der Waals surface area contributed by atoms with Gasteiger partial charge in [0, 0.05) is 13.6 Å². The van der Waals surface area contributed by atoms with Crippen LogP contribution in [-0.4, -0.2) is 30.0 Å². The average molecular weight is 185 g/mol. The summed E-state index contributed by atoms with van der Waals surface area (Å²) in [7, 11) is 3.40. The van der Waals surface area contributed by atoms with Crippen molar-refractivity contribution in [3.05, 3.63) is 5.69 Å². The maximum atomic E-state index is 5.40. The fourth-order valence-electron chi connectivity index (χ4n) is 1.17. The molecule has 0 amide bonds. The van der Waals surface area contributed by atoms with E-state index in [1.54, 1.807) is 18.8 Å². The summed E-state index contributed by atoms with van der Waals surface area (Å²) in [5.41, 5.74) is 6.14. The molecule has 0 spiro atoms. The molecule has 0 fully saturated rings. The Balaban J connectivity index is 2.89. The molecule has 1 aromatic rings. The van der Waals surface area contributed by atoms with Crippen LogP contribution < -0.4 is 15.2 Å². The molecule has 0 radical (unpaired) electrons. The van der Waals surface area contributed by atoms with Gasteiger partial charge in [0.15, 0.2) is 0 Å². The van der Waals surface area contributed by atoms with Crippen molar-refractivity contribution in [1.82, 2.24) is 9.78 Å². The molecule has 0 aromatic carbocycles. The number of ether oxygens (including phenoxy) is 2. The van der Waals surface area contributed by atoms with Gasteiger partial charge in [-0.2, -0.15) is 5.10 Å². The minimum Gasteiger partial charge on any atom is -0.485 e. The van der Waals surface area contributed by atoms with Crippen molar-refractivity contribution in [2.75, 3.05) is 20.3 Å². The van der Waals surface area contributed by atoms with Crippen LogP contribution in [0.2, 0.25) is 0 Å². The van der Waals surface area contributed by atoms with Crippen LogP contribution in [0.15, 0.2) is 0 Å². The van der Waals surface area contributed by atoms with Gasteiger partial charge in [0.05, 0.1) is 7.11 Å². The molecule has 74 valence electrons. The van der Waals surface area contributed by atoms with Crippen LogP contribution in [0.1, 0.15) is 5.69 Å². The fourth-order valence-corrected chi connectivity index (χ4v) is 1.17. The second kappa shape index (κ2) is 4.13. The molecule has 0 aliphatic carbocycles. The minimum atomic E-state index is 0.475. The van der Waals surface area contributed by atoms with Gasteiger partial charge in [-0.15, -0.1) is 0 Å². The highest BCUT2D eigenvalue weighted by Gasteiger charge is 2.14. The predicted octanol–water partition coefficient (Wildman–Crippen LogP) is 0.0746. The Hall–Kier alpha value is -1.23. The van der Waals surface area contributed by atoms with Gasteiger partial charge in [-0.25, -0.2) is 4.68 Å². The summed E-state index contributed by atoms with van der Waals surface area (Å²) in [6.45, 7) is 2.83. The zero-order chi connectivity index (χ0) is 9.84. The Morgan fingerprint density at radius 3 is 2.77 bits per heavy atom. The summed E-state index contributed by atoms with van der Waals surface area (Å²) in [5, 5.41) is 4.16. The lowest BCUT2D eigenvalue weighted by Gasteiger charge is -2.05. The van der Waals surface area contributed by atoms with Gasteiger partial charge in [0.2, 0.25) is 5.75 Å². The molecule has 0 saturated carbocycles. The second-order valence-electron chi connectivity index (χ2n) is 2.68. The zero-order valence-electron chi connectivity index (χ0n) is 8.20. The van der Waals surface area contributed by atoms with E-state index in [9.17, 15) is 0 Å². The lowest BCUT2D eigenvalue weighted by molar-refractivity contribution is 0.293. The molecule has 13 heavy (non-hydrogen) atoms. The summed E-state index contributed by atoms with van der Waals surface area (Å²) in [5.74, 6) is 1.31. The first-order chi connectivity index (χ1) is 6.20. The van der Waals surface area contributed by atoms with Crippen LogP contribution in [0.4, 0.5) is 0 Å². The third-order valence-corrected chi connectivity index (χ3v) is 1.67. The number of hydrogen-bond donors (Lipinski definition) is 1. The van der Waals surface area contributed by atoms with Gasteiger partial charge < -0.3 is 15.2 Å². The number of aromatic nitrogens is 2. The first-order valence-corrected chi connectivity index (χ1v) is 4.11. The van der Waals surface area contributed by atoms with Crippen molar-refractivity contribution in [1.29, 1.82) is 0 Å². The summed E-state index contributed by atoms with van der Waals surface area (Å²) in [4.78, 5) is 0. The molecule has 0 aliphatic heterocycles. The number of aryl methyl sites for hydroxylation is 2. The largest absolute Gasteiger partial charge is 0.485 e. The highest BCUT2D eigenvalue weighted by atomic mass is 16.5. The van der Waals surface area contributed by atoms with E-state index in [1.807, 2.05) is 6.92 Å². The molecule has 1 aromatic heterocycles. The highest BCUT2D eigenvalue weighted by Crippen LogP contribution is 2.29. The van der Waals surface area contributed by atoms with Crippen molar-refractivity contribution >= 4 is 0 Å². The molecule has 1 rings (SSSR count). The third kappa shape index (κ3) is 1.92. The summed E-state index contributed by atoms with van der Waals surface area (Å²) in [6.07, 6.45) is 0. The standard InChI is InChI=1S/C8H15N3O2/c1-6-7(13-5-4-9)8(12-3)11(2)10-6/h4-5,9H2,1-3H3. The van der Waals surface area contributed by atoms with Gasteiger partial charge >= 0.3 is 0 Å². The van der Waals surface area contributed by atoms with E-state index in [2.05, 4.69) is 5.10 Å². The number of nitrogens with zero attached hydrogens (tertiary/aromatic N) is 2. The van der Waals surface area contributed by atoms with E-state index in [0.717, 1.165) is 5.69 Å². The normalized spacial score (nSPS) is 10.2. The lowest BCUT2D eigenvalue weighted by Crippen LogP contribution is -2.11. The fraction of sp³-hybridized carbons (Fsp3) is 0.625.